The maximum atomic E-state index is 11.6. The minimum Gasteiger partial charge on any atom is -0.459 e. The Balaban J connectivity index is 2.43. The van der Waals surface area contributed by atoms with E-state index in [4.69, 9.17) is 4.74 Å². The first kappa shape index (κ1) is 18.0. The monoisotopic (exact) mass is 310 g/mol. The van der Waals surface area contributed by atoms with Crippen molar-refractivity contribution in [2.75, 3.05) is 5.75 Å². The molecule has 0 unspecified atom stereocenters. The molecule has 0 radical (unpaired) electrons. The summed E-state index contributed by atoms with van der Waals surface area (Å²) in [5, 5.41) is 4.25. The quantitative estimate of drug-likeness (QED) is 0.667. The first-order valence-corrected chi connectivity index (χ1v) is 8.08. The molecule has 1 N–H and O–H groups in total. The normalized spacial score (nSPS) is 12.3. The molecule has 0 aliphatic carbocycles. The Labute approximate surface area is 132 Å². The van der Waals surface area contributed by atoms with Crippen LogP contribution >= 0.6 is 11.8 Å². The average molecular weight is 310 g/mol. The lowest BCUT2D eigenvalue weighted by molar-refractivity contribution is -0.151. The fraction of sp³-hybridized carbons (Fsp3) is 0.625. The highest BCUT2D eigenvalue weighted by molar-refractivity contribution is 7.99. The van der Waals surface area contributed by atoms with Crippen molar-refractivity contribution >= 4 is 17.7 Å². The molecule has 0 amide bonds. The van der Waals surface area contributed by atoms with Gasteiger partial charge in [0, 0.05) is 18.3 Å². The Morgan fingerprint density at radius 2 is 1.90 bits per heavy atom. The molecule has 0 spiro atoms. The van der Waals surface area contributed by atoms with Gasteiger partial charge in [-0.05, 0) is 53.2 Å². The summed E-state index contributed by atoms with van der Waals surface area (Å²) in [5.41, 5.74) is 0.782. The third kappa shape index (κ3) is 8.73. The van der Waals surface area contributed by atoms with Gasteiger partial charge in [-0.3, -0.25) is 4.79 Å². The van der Waals surface area contributed by atoms with Crippen molar-refractivity contribution < 1.29 is 9.53 Å². The van der Waals surface area contributed by atoms with Gasteiger partial charge in [0.05, 0.1) is 10.8 Å². The molecule has 0 saturated heterocycles. The number of carbonyl (C=O) groups is 1. The summed E-state index contributed by atoms with van der Waals surface area (Å²) in [6.45, 7) is 12.8. The highest BCUT2D eigenvalue weighted by Gasteiger charge is 2.16. The second-order valence-corrected chi connectivity index (χ2v) is 7.98. The number of hydrogen-bond donors (Lipinski definition) is 1. The van der Waals surface area contributed by atoms with Crippen molar-refractivity contribution in [3.8, 4) is 0 Å². The standard InChI is InChI=1S/C16H26N2O2S/c1-15(2,3)18-10-12-7-8-13(17-9-12)21-11-14(19)20-16(4,5)6/h7-9,18H,10-11H2,1-6H3. The summed E-state index contributed by atoms with van der Waals surface area (Å²) in [4.78, 5) is 16.0. The molecule has 0 atom stereocenters. The molecule has 0 aliphatic rings. The van der Waals surface area contributed by atoms with Gasteiger partial charge in [-0.2, -0.15) is 0 Å². The molecule has 118 valence electrons. The molecule has 0 aliphatic heterocycles. The van der Waals surface area contributed by atoms with Crippen molar-refractivity contribution in [3.63, 3.8) is 0 Å². The van der Waals surface area contributed by atoms with Crippen LogP contribution in [0.5, 0.6) is 0 Å². The Hall–Kier alpha value is -1.07. The molecule has 0 bridgehead atoms. The molecule has 21 heavy (non-hydrogen) atoms. The minimum absolute atomic E-state index is 0.0874. The third-order valence-electron chi connectivity index (χ3n) is 2.38. The van der Waals surface area contributed by atoms with Crippen molar-refractivity contribution in [1.29, 1.82) is 0 Å². The number of ether oxygens (including phenoxy) is 1. The van der Waals surface area contributed by atoms with E-state index in [1.807, 2.05) is 39.1 Å². The van der Waals surface area contributed by atoms with Crippen molar-refractivity contribution in [1.82, 2.24) is 10.3 Å². The van der Waals surface area contributed by atoms with Crippen LogP contribution in [0.25, 0.3) is 0 Å². The number of esters is 1. The van der Waals surface area contributed by atoms with E-state index in [0.717, 1.165) is 17.1 Å². The first-order chi connectivity index (χ1) is 9.55. The second-order valence-electron chi connectivity index (χ2n) is 6.98. The van der Waals surface area contributed by atoms with Gasteiger partial charge in [-0.1, -0.05) is 17.8 Å². The van der Waals surface area contributed by atoms with Gasteiger partial charge in [0.2, 0.25) is 0 Å². The number of aromatic nitrogens is 1. The Bertz CT molecular complexity index is 459. The van der Waals surface area contributed by atoms with Crippen LogP contribution in [-0.4, -0.2) is 27.8 Å². The molecule has 1 rings (SSSR count). The fourth-order valence-electron chi connectivity index (χ4n) is 1.47. The van der Waals surface area contributed by atoms with E-state index >= 15 is 0 Å². The van der Waals surface area contributed by atoms with Gasteiger partial charge in [-0.25, -0.2) is 4.98 Å². The molecular weight excluding hydrogens is 284 g/mol. The molecule has 0 saturated carbocycles. The molecule has 4 nitrogen and oxygen atoms in total. The van der Waals surface area contributed by atoms with E-state index in [1.54, 1.807) is 0 Å². The number of thioether (sulfide) groups is 1. The minimum atomic E-state index is -0.437. The Morgan fingerprint density at radius 1 is 1.24 bits per heavy atom. The van der Waals surface area contributed by atoms with E-state index in [2.05, 4.69) is 31.1 Å². The lowest BCUT2D eigenvalue weighted by atomic mass is 10.1. The lowest BCUT2D eigenvalue weighted by Crippen LogP contribution is -2.35. The van der Waals surface area contributed by atoms with E-state index in [9.17, 15) is 4.79 Å². The van der Waals surface area contributed by atoms with Gasteiger partial charge in [0.15, 0.2) is 0 Å². The summed E-state index contributed by atoms with van der Waals surface area (Å²) < 4.78 is 5.26. The summed E-state index contributed by atoms with van der Waals surface area (Å²) in [6.07, 6.45) is 1.84. The molecule has 1 aromatic rings. The summed E-state index contributed by atoms with van der Waals surface area (Å²) >= 11 is 1.40. The van der Waals surface area contributed by atoms with E-state index in [0.29, 0.717) is 0 Å². The zero-order valence-corrected chi connectivity index (χ0v) is 14.6. The predicted octanol–water partition coefficient (Wildman–Crippen LogP) is 3.40. The molecule has 0 aromatic carbocycles. The van der Waals surface area contributed by atoms with E-state index in [-0.39, 0.29) is 17.3 Å². The van der Waals surface area contributed by atoms with Crippen LogP contribution in [0.15, 0.2) is 23.4 Å². The van der Waals surface area contributed by atoms with Crippen LogP contribution in [0.3, 0.4) is 0 Å². The maximum absolute atomic E-state index is 11.6. The van der Waals surface area contributed by atoms with Gasteiger partial charge in [-0.15, -0.1) is 0 Å². The highest BCUT2D eigenvalue weighted by atomic mass is 32.2. The van der Waals surface area contributed by atoms with Crippen LogP contribution in [0.4, 0.5) is 0 Å². The summed E-state index contributed by atoms with van der Waals surface area (Å²) in [6, 6.07) is 3.97. The van der Waals surface area contributed by atoms with Gasteiger partial charge < -0.3 is 10.1 Å². The zero-order chi connectivity index (χ0) is 16.1. The van der Waals surface area contributed by atoms with Crippen LogP contribution in [0, 0.1) is 0 Å². The molecule has 1 aromatic heterocycles. The number of pyridine rings is 1. The van der Waals surface area contributed by atoms with Gasteiger partial charge in [0.1, 0.15) is 5.60 Å². The Kier molecular flexibility index (Phi) is 6.23. The zero-order valence-electron chi connectivity index (χ0n) is 13.8. The largest absolute Gasteiger partial charge is 0.459 e. The smallest absolute Gasteiger partial charge is 0.316 e. The van der Waals surface area contributed by atoms with Gasteiger partial charge >= 0.3 is 5.97 Å². The average Bonchev–Trinajstić information content (AvgIpc) is 2.32. The first-order valence-electron chi connectivity index (χ1n) is 7.10. The van der Waals surface area contributed by atoms with Crippen LogP contribution in [-0.2, 0) is 16.1 Å². The number of carbonyl (C=O) groups excluding carboxylic acids is 1. The topological polar surface area (TPSA) is 51.2 Å². The summed E-state index contributed by atoms with van der Waals surface area (Å²) in [5.74, 6) is 0.0666. The SMILES string of the molecule is CC(C)(C)NCc1ccc(SCC(=O)OC(C)(C)C)nc1. The van der Waals surface area contributed by atoms with Crippen LogP contribution < -0.4 is 5.32 Å². The Morgan fingerprint density at radius 3 is 2.38 bits per heavy atom. The maximum Gasteiger partial charge on any atom is 0.316 e. The van der Waals surface area contributed by atoms with Crippen molar-refractivity contribution in [2.24, 2.45) is 0 Å². The predicted molar refractivity (Wildman–Crippen MR) is 87.4 cm³/mol. The van der Waals surface area contributed by atoms with Gasteiger partial charge in [0.25, 0.3) is 0 Å². The van der Waals surface area contributed by atoms with E-state index < -0.39 is 5.60 Å². The number of nitrogens with one attached hydrogen (secondary N) is 1. The molecule has 5 heteroatoms. The lowest BCUT2D eigenvalue weighted by Gasteiger charge is -2.20. The van der Waals surface area contributed by atoms with E-state index in [1.165, 1.54) is 11.8 Å². The third-order valence-corrected chi connectivity index (χ3v) is 3.30. The molecular formula is C16H26N2O2S. The molecule has 1 heterocycles. The van der Waals surface area contributed by atoms with Crippen molar-refractivity contribution in [2.45, 2.75) is 64.3 Å². The number of hydrogen-bond acceptors (Lipinski definition) is 5. The van der Waals surface area contributed by atoms with Crippen molar-refractivity contribution in [3.05, 3.63) is 23.9 Å². The fourth-order valence-corrected chi connectivity index (χ4v) is 2.09. The molecule has 0 fully saturated rings. The number of nitrogens with zero attached hydrogens (tertiary/aromatic N) is 1. The second kappa shape index (κ2) is 7.27. The highest BCUT2D eigenvalue weighted by Crippen LogP contribution is 2.17. The van der Waals surface area contributed by atoms with Crippen LogP contribution in [0.2, 0.25) is 0 Å². The van der Waals surface area contributed by atoms with Crippen LogP contribution in [0.1, 0.15) is 47.1 Å². The summed E-state index contributed by atoms with van der Waals surface area (Å²) in [7, 11) is 0. The number of rotatable bonds is 5.